The standard InChI is InChI=1S/C10H14F3N3OS.HI/c1-14-9(15-4-7-2-3-18-6-7)16-5-8(17)10(11,12)13;/h2-3,6,8,17H,4-5H2,1H3,(H2,14,15,16);1H. The van der Waals surface area contributed by atoms with E-state index in [-0.39, 0.29) is 29.9 Å². The highest BCUT2D eigenvalue weighted by Crippen LogP contribution is 2.19. The van der Waals surface area contributed by atoms with Gasteiger partial charge in [-0.15, -0.1) is 24.0 Å². The molecule has 0 saturated heterocycles. The molecular formula is C10H15F3IN3OS. The first-order chi connectivity index (χ1) is 8.43. The van der Waals surface area contributed by atoms with Crippen LogP contribution < -0.4 is 10.6 Å². The van der Waals surface area contributed by atoms with Crippen molar-refractivity contribution in [3.8, 4) is 0 Å². The summed E-state index contributed by atoms with van der Waals surface area (Å²) in [5, 5.41) is 17.9. The molecule has 0 spiro atoms. The number of thiophene rings is 1. The Balaban J connectivity index is 0.00000324. The van der Waals surface area contributed by atoms with Gasteiger partial charge in [-0.3, -0.25) is 4.99 Å². The Kier molecular flexibility index (Phi) is 8.34. The summed E-state index contributed by atoms with van der Waals surface area (Å²) in [6.45, 7) is -0.169. The zero-order valence-electron chi connectivity index (χ0n) is 10.1. The van der Waals surface area contributed by atoms with Crippen LogP contribution in [0.1, 0.15) is 5.56 Å². The van der Waals surface area contributed by atoms with Gasteiger partial charge in [-0.2, -0.15) is 24.5 Å². The minimum absolute atomic E-state index is 0. The van der Waals surface area contributed by atoms with E-state index in [1.165, 1.54) is 18.4 Å². The molecule has 1 aromatic heterocycles. The van der Waals surface area contributed by atoms with Crippen molar-refractivity contribution < 1.29 is 18.3 Å². The molecule has 0 saturated carbocycles. The number of nitrogens with one attached hydrogen (secondary N) is 2. The van der Waals surface area contributed by atoms with Crippen LogP contribution in [0.4, 0.5) is 13.2 Å². The second kappa shape index (κ2) is 8.59. The van der Waals surface area contributed by atoms with Gasteiger partial charge in [0.05, 0.1) is 6.54 Å². The number of aliphatic imine (C=N–C) groups is 1. The first-order valence-electron chi connectivity index (χ1n) is 5.14. The van der Waals surface area contributed by atoms with Crippen molar-refractivity contribution in [2.24, 2.45) is 4.99 Å². The van der Waals surface area contributed by atoms with Gasteiger partial charge in [-0.1, -0.05) is 0 Å². The van der Waals surface area contributed by atoms with Crippen LogP contribution in [-0.4, -0.2) is 36.9 Å². The third kappa shape index (κ3) is 6.97. The summed E-state index contributed by atoms with van der Waals surface area (Å²) in [4.78, 5) is 3.76. The van der Waals surface area contributed by atoms with Crippen LogP contribution in [0.15, 0.2) is 21.8 Å². The van der Waals surface area contributed by atoms with Crippen molar-refractivity contribution in [1.82, 2.24) is 10.6 Å². The van der Waals surface area contributed by atoms with Crippen LogP contribution in [0.3, 0.4) is 0 Å². The fraction of sp³-hybridized carbons (Fsp3) is 0.500. The monoisotopic (exact) mass is 409 g/mol. The molecule has 0 aliphatic rings. The predicted octanol–water partition coefficient (Wildman–Crippen LogP) is 1.95. The highest BCUT2D eigenvalue weighted by Gasteiger charge is 2.37. The molecule has 110 valence electrons. The SMILES string of the molecule is CN=C(NCc1ccsc1)NCC(O)C(F)(F)F.I. The van der Waals surface area contributed by atoms with Crippen LogP contribution in [0.5, 0.6) is 0 Å². The molecule has 9 heteroatoms. The Bertz CT molecular complexity index is 384. The van der Waals surface area contributed by atoms with E-state index in [2.05, 4.69) is 15.6 Å². The van der Waals surface area contributed by atoms with Gasteiger partial charge in [0.25, 0.3) is 0 Å². The summed E-state index contributed by atoms with van der Waals surface area (Å²) in [7, 11) is 1.45. The second-order valence-corrected chi connectivity index (χ2v) is 4.28. The number of rotatable bonds is 4. The number of hydrogen-bond donors (Lipinski definition) is 3. The summed E-state index contributed by atoms with van der Waals surface area (Å²) in [6, 6.07) is 1.90. The lowest BCUT2D eigenvalue weighted by atomic mass is 10.3. The van der Waals surface area contributed by atoms with E-state index in [0.29, 0.717) is 6.54 Å². The summed E-state index contributed by atoms with van der Waals surface area (Å²) in [5.74, 6) is 0.213. The molecule has 1 aromatic rings. The third-order valence-corrected chi connectivity index (χ3v) is 2.84. The van der Waals surface area contributed by atoms with Crippen molar-refractivity contribution in [3.63, 3.8) is 0 Å². The highest BCUT2D eigenvalue weighted by atomic mass is 127. The van der Waals surface area contributed by atoms with Crippen LogP contribution in [0.2, 0.25) is 0 Å². The maximum Gasteiger partial charge on any atom is 0.416 e. The quantitative estimate of drug-likeness (QED) is 0.405. The zero-order valence-corrected chi connectivity index (χ0v) is 13.2. The highest BCUT2D eigenvalue weighted by molar-refractivity contribution is 14.0. The number of aliphatic hydroxyl groups is 1. The summed E-state index contributed by atoms with van der Waals surface area (Å²) >= 11 is 1.53. The maximum atomic E-state index is 12.1. The smallest absolute Gasteiger partial charge is 0.382 e. The van der Waals surface area contributed by atoms with Crippen LogP contribution in [-0.2, 0) is 6.54 Å². The van der Waals surface area contributed by atoms with Gasteiger partial charge in [-0.25, -0.2) is 0 Å². The Labute approximate surface area is 130 Å². The molecular weight excluding hydrogens is 394 g/mol. The van der Waals surface area contributed by atoms with Crippen LogP contribution >= 0.6 is 35.3 Å². The Morgan fingerprint density at radius 2 is 2.16 bits per heavy atom. The van der Waals surface area contributed by atoms with Crippen molar-refractivity contribution in [2.75, 3.05) is 13.6 Å². The van der Waals surface area contributed by atoms with Gasteiger partial charge in [0.15, 0.2) is 12.1 Å². The third-order valence-electron chi connectivity index (χ3n) is 2.10. The van der Waals surface area contributed by atoms with Gasteiger partial charge in [-0.05, 0) is 22.4 Å². The lowest BCUT2D eigenvalue weighted by molar-refractivity contribution is -0.201. The first kappa shape index (κ1) is 18.4. The average Bonchev–Trinajstić information content (AvgIpc) is 2.80. The van der Waals surface area contributed by atoms with Gasteiger partial charge < -0.3 is 15.7 Å². The average molecular weight is 409 g/mol. The normalized spacial score (nSPS) is 13.6. The lowest BCUT2D eigenvalue weighted by Gasteiger charge is -2.17. The van der Waals surface area contributed by atoms with Crippen LogP contribution in [0, 0.1) is 0 Å². The number of alkyl halides is 3. The second-order valence-electron chi connectivity index (χ2n) is 3.50. The number of nitrogens with zero attached hydrogens (tertiary/aromatic N) is 1. The van der Waals surface area contributed by atoms with Crippen molar-refractivity contribution >= 4 is 41.3 Å². The molecule has 0 fully saturated rings. The van der Waals surface area contributed by atoms with E-state index < -0.39 is 18.8 Å². The summed E-state index contributed by atoms with van der Waals surface area (Å²) in [5.41, 5.74) is 1.01. The molecule has 0 bridgehead atoms. The van der Waals surface area contributed by atoms with E-state index in [1.54, 1.807) is 0 Å². The first-order valence-corrected chi connectivity index (χ1v) is 6.08. The minimum Gasteiger partial charge on any atom is -0.382 e. The van der Waals surface area contributed by atoms with Crippen molar-refractivity contribution in [1.29, 1.82) is 0 Å². The largest absolute Gasteiger partial charge is 0.416 e. The molecule has 0 aliphatic carbocycles. The Hall–Kier alpha value is -0.550. The molecule has 0 aliphatic heterocycles. The predicted molar refractivity (Wildman–Crippen MR) is 80.0 cm³/mol. The van der Waals surface area contributed by atoms with Crippen molar-refractivity contribution in [2.45, 2.75) is 18.8 Å². The van der Waals surface area contributed by atoms with Gasteiger partial charge in [0.2, 0.25) is 0 Å². The molecule has 0 aromatic carbocycles. The van der Waals surface area contributed by atoms with Gasteiger partial charge >= 0.3 is 6.18 Å². The summed E-state index contributed by atoms with van der Waals surface area (Å²) < 4.78 is 36.2. The van der Waals surface area contributed by atoms with Crippen LogP contribution in [0.25, 0.3) is 0 Å². The molecule has 0 amide bonds. The number of halogens is 4. The number of aliphatic hydroxyl groups excluding tert-OH is 1. The number of hydrogen-bond acceptors (Lipinski definition) is 3. The summed E-state index contributed by atoms with van der Waals surface area (Å²) in [6.07, 6.45) is -7.03. The molecule has 3 N–H and O–H groups in total. The van der Waals surface area contributed by atoms with E-state index in [4.69, 9.17) is 5.11 Å². The van der Waals surface area contributed by atoms with Gasteiger partial charge in [0, 0.05) is 13.6 Å². The lowest BCUT2D eigenvalue weighted by Crippen LogP contribution is -2.45. The molecule has 1 unspecified atom stereocenters. The molecule has 0 radical (unpaired) electrons. The Morgan fingerprint density at radius 1 is 1.47 bits per heavy atom. The minimum atomic E-state index is -4.63. The molecule has 1 rings (SSSR count). The molecule has 19 heavy (non-hydrogen) atoms. The van der Waals surface area contributed by atoms with Gasteiger partial charge in [0.1, 0.15) is 0 Å². The zero-order chi connectivity index (χ0) is 13.6. The molecule has 1 heterocycles. The number of guanidine groups is 1. The van der Waals surface area contributed by atoms with E-state index in [9.17, 15) is 13.2 Å². The fourth-order valence-corrected chi connectivity index (χ4v) is 1.78. The van der Waals surface area contributed by atoms with E-state index >= 15 is 0 Å². The fourth-order valence-electron chi connectivity index (χ4n) is 1.11. The molecule has 1 atom stereocenters. The Morgan fingerprint density at radius 3 is 2.63 bits per heavy atom. The van der Waals surface area contributed by atoms with E-state index in [0.717, 1.165) is 5.56 Å². The van der Waals surface area contributed by atoms with Crippen molar-refractivity contribution in [3.05, 3.63) is 22.4 Å². The topological polar surface area (TPSA) is 56.7 Å². The maximum absolute atomic E-state index is 12.1. The van der Waals surface area contributed by atoms with E-state index in [1.807, 2.05) is 16.8 Å². The molecule has 4 nitrogen and oxygen atoms in total.